The Labute approximate surface area is 119 Å². The first-order valence-corrected chi connectivity index (χ1v) is 6.88. The Morgan fingerprint density at radius 1 is 1.30 bits per heavy atom. The van der Waals surface area contributed by atoms with Crippen LogP contribution in [-0.4, -0.2) is 19.4 Å². The van der Waals surface area contributed by atoms with Crippen LogP contribution >= 0.6 is 0 Å². The van der Waals surface area contributed by atoms with Gasteiger partial charge in [0.15, 0.2) is 5.78 Å². The number of hydrogen-bond donors (Lipinski definition) is 0. The molecule has 3 rings (SSSR count). The minimum atomic E-state index is -0.488. The van der Waals surface area contributed by atoms with Crippen LogP contribution in [0.5, 0.6) is 0 Å². The van der Waals surface area contributed by atoms with E-state index in [9.17, 15) is 10.1 Å². The topological polar surface area (TPSA) is 44.1 Å². The Bertz CT molecular complexity index is 666. The Kier molecular flexibility index (Phi) is 2.56. The van der Waals surface area contributed by atoms with Gasteiger partial charge in [0.1, 0.15) is 6.07 Å². The molecular formula is C17H18N2O. The molecule has 0 bridgehead atoms. The van der Waals surface area contributed by atoms with Crippen molar-refractivity contribution in [3.63, 3.8) is 0 Å². The van der Waals surface area contributed by atoms with Gasteiger partial charge in [0.25, 0.3) is 0 Å². The number of fused-ring (bicyclic) bond motifs is 2. The van der Waals surface area contributed by atoms with Crippen molar-refractivity contribution in [1.29, 1.82) is 5.26 Å². The Morgan fingerprint density at radius 2 is 2.00 bits per heavy atom. The number of benzene rings is 1. The van der Waals surface area contributed by atoms with E-state index in [1.807, 2.05) is 32.1 Å². The predicted octanol–water partition coefficient (Wildman–Crippen LogP) is 2.82. The zero-order valence-electron chi connectivity index (χ0n) is 12.1. The lowest BCUT2D eigenvalue weighted by Crippen LogP contribution is -2.43. The van der Waals surface area contributed by atoms with Gasteiger partial charge in [0, 0.05) is 30.1 Å². The lowest BCUT2D eigenvalue weighted by molar-refractivity contribution is -0.124. The molecule has 0 amide bonds. The van der Waals surface area contributed by atoms with Crippen LogP contribution < -0.4 is 4.90 Å². The maximum absolute atomic E-state index is 12.3. The average molecular weight is 266 g/mol. The molecule has 0 fully saturated rings. The quantitative estimate of drug-likeness (QED) is 0.725. The molecule has 20 heavy (non-hydrogen) atoms. The molecule has 1 heterocycles. The highest BCUT2D eigenvalue weighted by atomic mass is 16.1. The highest BCUT2D eigenvalue weighted by Crippen LogP contribution is 2.51. The van der Waals surface area contributed by atoms with Crippen LogP contribution in [0.3, 0.4) is 0 Å². The Morgan fingerprint density at radius 3 is 2.70 bits per heavy atom. The van der Waals surface area contributed by atoms with Gasteiger partial charge in [0.05, 0.1) is 5.57 Å². The number of hydrogen-bond acceptors (Lipinski definition) is 3. The van der Waals surface area contributed by atoms with Crippen molar-refractivity contribution in [3.8, 4) is 6.07 Å². The fourth-order valence-electron chi connectivity index (χ4n) is 3.81. The van der Waals surface area contributed by atoms with Crippen molar-refractivity contribution >= 4 is 11.5 Å². The largest absolute Gasteiger partial charge is 0.373 e. The first-order chi connectivity index (χ1) is 9.39. The van der Waals surface area contributed by atoms with Gasteiger partial charge >= 0.3 is 0 Å². The summed E-state index contributed by atoms with van der Waals surface area (Å²) in [4.78, 5) is 14.5. The third-order valence-electron chi connectivity index (χ3n) is 4.53. The van der Waals surface area contributed by atoms with Crippen molar-refractivity contribution in [2.75, 3.05) is 18.5 Å². The fraction of sp³-hybridized carbons (Fsp3) is 0.412. The van der Waals surface area contributed by atoms with E-state index in [4.69, 9.17) is 0 Å². The fourth-order valence-corrected chi connectivity index (χ4v) is 3.81. The predicted molar refractivity (Wildman–Crippen MR) is 78.5 cm³/mol. The van der Waals surface area contributed by atoms with Crippen molar-refractivity contribution in [2.24, 2.45) is 5.41 Å². The van der Waals surface area contributed by atoms with E-state index in [-0.39, 0.29) is 11.2 Å². The highest BCUT2D eigenvalue weighted by molar-refractivity contribution is 6.04. The molecule has 2 aliphatic rings. The summed E-state index contributed by atoms with van der Waals surface area (Å²) in [5.41, 5.74) is 2.04. The van der Waals surface area contributed by atoms with Crippen LogP contribution in [0.4, 0.5) is 5.69 Å². The summed E-state index contributed by atoms with van der Waals surface area (Å²) in [6, 6.07) is 10.4. The second-order valence-corrected chi connectivity index (χ2v) is 6.59. The third kappa shape index (κ3) is 1.61. The summed E-state index contributed by atoms with van der Waals surface area (Å²) in [5.74, 6) is -0.0299. The number of nitriles is 1. The summed E-state index contributed by atoms with van der Waals surface area (Å²) in [6.45, 7) is 4.72. The van der Waals surface area contributed by atoms with Crippen LogP contribution in [-0.2, 0) is 10.2 Å². The highest BCUT2D eigenvalue weighted by Gasteiger charge is 2.49. The van der Waals surface area contributed by atoms with Crippen LogP contribution in [0.2, 0.25) is 0 Å². The zero-order valence-corrected chi connectivity index (χ0v) is 12.1. The molecule has 1 aromatic carbocycles. The van der Waals surface area contributed by atoms with E-state index in [1.165, 1.54) is 11.3 Å². The molecule has 102 valence electrons. The van der Waals surface area contributed by atoms with Gasteiger partial charge in [-0.15, -0.1) is 0 Å². The second-order valence-electron chi connectivity index (χ2n) is 6.59. The zero-order chi connectivity index (χ0) is 14.5. The second kappa shape index (κ2) is 3.96. The van der Waals surface area contributed by atoms with Gasteiger partial charge in [-0.1, -0.05) is 38.1 Å². The number of para-hydroxylation sites is 1. The summed E-state index contributed by atoms with van der Waals surface area (Å²) < 4.78 is 0. The van der Waals surface area contributed by atoms with E-state index in [2.05, 4.69) is 30.1 Å². The molecule has 0 N–H and O–H groups in total. The van der Waals surface area contributed by atoms with Crippen LogP contribution in [0.25, 0.3) is 0 Å². The molecule has 0 saturated carbocycles. The number of carbonyl (C=O) groups excluding carboxylic acids is 1. The molecule has 3 heteroatoms. The van der Waals surface area contributed by atoms with Gasteiger partial charge in [-0.2, -0.15) is 5.26 Å². The van der Waals surface area contributed by atoms with Crippen molar-refractivity contribution in [2.45, 2.75) is 25.7 Å². The molecule has 1 spiro atoms. The molecule has 0 radical (unpaired) electrons. The van der Waals surface area contributed by atoms with E-state index >= 15 is 0 Å². The van der Waals surface area contributed by atoms with Crippen LogP contribution in [0.15, 0.2) is 35.9 Å². The number of allylic oxidation sites excluding steroid dienone is 1. The lowest BCUT2D eigenvalue weighted by Gasteiger charge is -2.39. The lowest BCUT2D eigenvalue weighted by atomic mass is 9.62. The molecular weight excluding hydrogens is 248 g/mol. The summed E-state index contributed by atoms with van der Waals surface area (Å²) in [6.07, 6.45) is 2.66. The van der Waals surface area contributed by atoms with Crippen molar-refractivity contribution in [3.05, 3.63) is 41.5 Å². The Balaban J connectivity index is 2.23. The monoisotopic (exact) mass is 266 g/mol. The summed E-state index contributed by atoms with van der Waals surface area (Å²) in [7, 11) is 2.07. The van der Waals surface area contributed by atoms with Gasteiger partial charge in [0.2, 0.25) is 0 Å². The van der Waals surface area contributed by atoms with E-state index < -0.39 is 5.41 Å². The number of nitrogens with zero attached hydrogens (tertiary/aromatic N) is 2. The third-order valence-corrected chi connectivity index (χ3v) is 4.53. The summed E-state index contributed by atoms with van der Waals surface area (Å²) in [5, 5.41) is 9.30. The number of ketones is 1. The molecule has 0 aromatic heterocycles. The minimum Gasteiger partial charge on any atom is -0.373 e. The first-order valence-electron chi connectivity index (χ1n) is 6.88. The number of rotatable bonds is 0. The average Bonchev–Trinajstić information content (AvgIpc) is 2.67. The van der Waals surface area contributed by atoms with Gasteiger partial charge in [-0.25, -0.2) is 0 Å². The molecule has 1 unspecified atom stereocenters. The number of anilines is 1. The molecule has 1 aromatic rings. The molecule has 3 nitrogen and oxygen atoms in total. The van der Waals surface area contributed by atoms with Crippen LogP contribution in [0.1, 0.15) is 25.8 Å². The van der Waals surface area contributed by atoms with Gasteiger partial charge in [-0.3, -0.25) is 4.79 Å². The van der Waals surface area contributed by atoms with Crippen molar-refractivity contribution < 1.29 is 4.79 Å². The van der Waals surface area contributed by atoms with Gasteiger partial charge < -0.3 is 4.90 Å². The molecule has 0 saturated heterocycles. The van der Waals surface area contributed by atoms with Crippen LogP contribution in [0, 0.1) is 16.7 Å². The van der Waals surface area contributed by atoms with E-state index in [0.29, 0.717) is 5.57 Å². The molecule has 1 aliphatic carbocycles. The number of carbonyl (C=O) groups is 1. The standard InChI is InChI=1S/C17H18N2O/c1-16(2)10-17(8-12(9-18)15(16)20)11-19(3)14-7-5-4-6-13(14)17/h4-8H,10-11H2,1-3H3. The maximum Gasteiger partial charge on any atom is 0.178 e. The minimum absolute atomic E-state index is 0.0299. The maximum atomic E-state index is 12.3. The smallest absolute Gasteiger partial charge is 0.178 e. The van der Waals surface area contributed by atoms with Gasteiger partial charge in [-0.05, 0) is 18.1 Å². The summed E-state index contributed by atoms with van der Waals surface area (Å²) >= 11 is 0. The molecule has 1 aliphatic heterocycles. The molecule has 1 atom stereocenters. The SMILES string of the molecule is CN1CC2(C=C(C#N)C(=O)C(C)(C)C2)c2ccccc21. The van der Waals surface area contributed by atoms with Crippen molar-refractivity contribution in [1.82, 2.24) is 0 Å². The first kappa shape index (κ1) is 12.9. The Hall–Kier alpha value is -2.08. The van der Waals surface area contributed by atoms with E-state index in [0.717, 1.165) is 13.0 Å². The number of Topliss-reactive ketones (excluding diaryl/α,β-unsaturated/α-hetero) is 1. The van der Waals surface area contributed by atoms with E-state index in [1.54, 1.807) is 0 Å². The number of likely N-dealkylation sites (N-methyl/N-ethyl adjacent to an activating group) is 1. The normalized spacial score (nSPS) is 27.2.